The van der Waals surface area contributed by atoms with E-state index in [0.717, 1.165) is 19.7 Å². The van der Waals surface area contributed by atoms with Crippen molar-refractivity contribution in [1.29, 1.82) is 0 Å². The highest BCUT2D eigenvalue weighted by Gasteiger charge is 2.19. The zero-order valence-electron chi connectivity index (χ0n) is 13.8. The molecule has 1 heterocycles. The van der Waals surface area contributed by atoms with E-state index < -0.39 is 0 Å². The van der Waals surface area contributed by atoms with Crippen LogP contribution in [-0.4, -0.2) is 21.6 Å². The van der Waals surface area contributed by atoms with Gasteiger partial charge in [-0.2, -0.15) is 0 Å². The van der Waals surface area contributed by atoms with Crippen LogP contribution < -0.4 is 5.32 Å². The summed E-state index contributed by atoms with van der Waals surface area (Å²) in [4.78, 5) is 17.3. The van der Waals surface area contributed by atoms with Gasteiger partial charge in [-0.05, 0) is 54.8 Å². The van der Waals surface area contributed by atoms with Gasteiger partial charge in [-0.15, -0.1) is 11.8 Å². The molecule has 3 rings (SSSR count). The van der Waals surface area contributed by atoms with E-state index in [9.17, 15) is 4.79 Å². The van der Waals surface area contributed by atoms with Gasteiger partial charge in [0.05, 0.1) is 6.33 Å². The lowest BCUT2D eigenvalue weighted by Gasteiger charge is -2.16. The summed E-state index contributed by atoms with van der Waals surface area (Å²) in [5.74, 6) is -0.0792. The number of hydrogen-bond acceptors (Lipinski definition) is 4. The van der Waals surface area contributed by atoms with Crippen LogP contribution in [0.2, 0.25) is 0 Å². The Kier molecular flexibility index (Phi) is 6.34. The molecule has 0 fully saturated rings. The number of rotatable bonds is 6. The van der Waals surface area contributed by atoms with E-state index in [0.29, 0.717) is 11.3 Å². The number of imidazole rings is 1. The minimum absolute atomic E-state index is 0.0792. The SMILES string of the molecule is CS/C(Nc1ccc(Br)cc1)=C(/C(=O)c1ccc(Br)cc1)n1ccnc1. The van der Waals surface area contributed by atoms with Gasteiger partial charge in [-0.1, -0.05) is 31.9 Å². The maximum absolute atomic E-state index is 13.2. The van der Waals surface area contributed by atoms with Crippen LogP contribution in [0, 0.1) is 0 Å². The third-order valence-corrected chi connectivity index (χ3v) is 5.37. The Balaban J connectivity index is 2.05. The Morgan fingerprint density at radius 3 is 2.19 bits per heavy atom. The number of allylic oxidation sites excluding steroid dienone is 1. The van der Waals surface area contributed by atoms with E-state index in [1.165, 1.54) is 11.8 Å². The van der Waals surface area contributed by atoms with Crippen molar-refractivity contribution in [3.63, 3.8) is 0 Å². The minimum Gasteiger partial charge on any atom is -0.348 e. The number of halogens is 2. The van der Waals surface area contributed by atoms with Crippen molar-refractivity contribution in [3.05, 3.63) is 86.8 Å². The van der Waals surface area contributed by atoms with Gasteiger partial charge in [0.2, 0.25) is 5.78 Å². The molecule has 0 aliphatic heterocycles. The van der Waals surface area contributed by atoms with Crippen molar-refractivity contribution in [2.75, 3.05) is 11.6 Å². The molecule has 132 valence electrons. The molecule has 7 heteroatoms. The fraction of sp³-hybridized carbons (Fsp3) is 0.0526. The molecule has 26 heavy (non-hydrogen) atoms. The van der Waals surface area contributed by atoms with Gasteiger partial charge in [0.25, 0.3) is 0 Å². The van der Waals surface area contributed by atoms with Crippen LogP contribution in [-0.2, 0) is 0 Å². The van der Waals surface area contributed by atoms with E-state index in [4.69, 9.17) is 0 Å². The first kappa shape index (κ1) is 18.9. The summed E-state index contributed by atoms with van der Waals surface area (Å²) in [6.07, 6.45) is 7.00. The van der Waals surface area contributed by atoms with Crippen molar-refractivity contribution >= 4 is 60.8 Å². The molecule has 0 unspecified atom stereocenters. The highest BCUT2D eigenvalue weighted by molar-refractivity contribution is 9.10. The summed E-state index contributed by atoms with van der Waals surface area (Å²) in [6, 6.07) is 15.1. The van der Waals surface area contributed by atoms with E-state index in [1.807, 2.05) is 42.7 Å². The van der Waals surface area contributed by atoms with Gasteiger partial charge in [0.15, 0.2) is 0 Å². The Bertz CT molecular complexity index is 920. The summed E-state index contributed by atoms with van der Waals surface area (Å²) in [7, 11) is 0. The molecular formula is C19H15Br2N3OS. The molecule has 1 N–H and O–H groups in total. The van der Waals surface area contributed by atoms with Gasteiger partial charge in [0, 0.05) is 32.6 Å². The molecule has 2 aromatic carbocycles. The number of nitrogens with zero attached hydrogens (tertiary/aromatic N) is 2. The monoisotopic (exact) mass is 491 g/mol. The summed E-state index contributed by atoms with van der Waals surface area (Å²) in [5.41, 5.74) is 2.04. The number of carbonyl (C=O) groups excluding carboxylic acids is 1. The second-order valence-electron chi connectivity index (χ2n) is 5.32. The van der Waals surface area contributed by atoms with Gasteiger partial charge < -0.3 is 9.88 Å². The molecule has 4 nitrogen and oxygen atoms in total. The smallest absolute Gasteiger partial charge is 0.212 e. The second kappa shape index (κ2) is 8.70. The number of anilines is 1. The van der Waals surface area contributed by atoms with Crippen molar-refractivity contribution in [1.82, 2.24) is 9.55 Å². The number of hydrogen-bond donors (Lipinski definition) is 1. The molecule has 0 spiro atoms. The maximum Gasteiger partial charge on any atom is 0.212 e. The third kappa shape index (κ3) is 4.47. The maximum atomic E-state index is 13.2. The highest BCUT2D eigenvalue weighted by atomic mass is 79.9. The third-order valence-electron chi connectivity index (χ3n) is 3.61. The summed E-state index contributed by atoms with van der Waals surface area (Å²) >= 11 is 8.32. The Morgan fingerprint density at radius 1 is 1.04 bits per heavy atom. The zero-order chi connectivity index (χ0) is 18.5. The quantitative estimate of drug-likeness (QED) is 0.344. The largest absolute Gasteiger partial charge is 0.348 e. The Hall–Kier alpha value is -1.83. The predicted molar refractivity (Wildman–Crippen MR) is 115 cm³/mol. The predicted octanol–water partition coefficient (Wildman–Crippen LogP) is 5.89. The summed E-state index contributed by atoms with van der Waals surface area (Å²) in [6.45, 7) is 0. The fourth-order valence-electron chi connectivity index (χ4n) is 2.34. The second-order valence-corrected chi connectivity index (χ2v) is 7.97. The zero-order valence-corrected chi connectivity index (χ0v) is 17.8. The van der Waals surface area contributed by atoms with Crippen molar-refractivity contribution in [2.45, 2.75) is 0 Å². The number of Topliss-reactive ketones (excluding diaryl/α,β-unsaturated/α-hetero) is 1. The Morgan fingerprint density at radius 2 is 1.65 bits per heavy atom. The number of benzene rings is 2. The minimum atomic E-state index is -0.0792. The average molecular weight is 493 g/mol. The van der Waals surface area contributed by atoms with E-state index in [-0.39, 0.29) is 5.78 Å². The molecule has 0 aliphatic carbocycles. The number of nitrogens with one attached hydrogen (secondary N) is 1. The first-order chi connectivity index (χ1) is 12.6. The van der Waals surface area contributed by atoms with Crippen LogP contribution in [0.1, 0.15) is 10.4 Å². The molecule has 3 aromatic rings. The standard InChI is InChI=1S/C19H15Br2N3OS/c1-26-19(23-16-8-6-15(21)7-9-16)17(24-11-10-22-12-24)18(25)13-2-4-14(20)5-3-13/h2-12,23H,1H3/b19-17-. The molecule has 0 radical (unpaired) electrons. The number of ketones is 1. The highest BCUT2D eigenvalue weighted by Crippen LogP contribution is 2.27. The van der Waals surface area contributed by atoms with E-state index in [1.54, 1.807) is 35.4 Å². The van der Waals surface area contributed by atoms with Crippen molar-refractivity contribution in [3.8, 4) is 0 Å². The summed E-state index contributed by atoms with van der Waals surface area (Å²) < 4.78 is 3.67. The van der Waals surface area contributed by atoms with Crippen molar-refractivity contribution in [2.24, 2.45) is 0 Å². The average Bonchev–Trinajstić information content (AvgIpc) is 3.17. The van der Waals surface area contributed by atoms with Gasteiger partial charge in [-0.25, -0.2) is 4.98 Å². The topological polar surface area (TPSA) is 46.9 Å². The fourth-order valence-corrected chi connectivity index (χ4v) is 3.48. The van der Waals surface area contributed by atoms with Gasteiger partial charge in [-0.3, -0.25) is 4.79 Å². The summed E-state index contributed by atoms with van der Waals surface area (Å²) in [5, 5.41) is 4.10. The van der Waals surface area contributed by atoms with E-state index in [2.05, 4.69) is 42.2 Å². The molecule has 0 saturated carbocycles. The van der Waals surface area contributed by atoms with Crippen LogP contribution >= 0.6 is 43.6 Å². The molecular weight excluding hydrogens is 478 g/mol. The Labute approximate surface area is 173 Å². The molecule has 0 amide bonds. The van der Waals surface area contributed by atoms with Crippen LogP contribution in [0.15, 0.2) is 81.2 Å². The lowest BCUT2D eigenvalue weighted by atomic mass is 10.1. The number of aromatic nitrogens is 2. The number of thioether (sulfide) groups is 1. The molecule has 0 atom stereocenters. The normalized spacial score (nSPS) is 11.8. The van der Waals surface area contributed by atoms with Crippen LogP contribution in [0.5, 0.6) is 0 Å². The molecule has 1 aromatic heterocycles. The van der Waals surface area contributed by atoms with Crippen LogP contribution in [0.4, 0.5) is 5.69 Å². The molecule has 0 saturated heterocycles. The molecule has 0 bridgehead atoms. The lowest BCUT2D eigenvalue weighted by Crippen LogP contribution is -2.13. The van der Waals surface area contributed by atoms with Gasteiger partial charge >= 0.3 is 0 Å². The van der Waals surface area contributed by atoms with Crippen molar-refractivity contribution < 1.29 is 4.79 Å². The lowest BCUT2D eigenvalue weighted by molar-refractivity contribution is 0.105. The molecule has 0 aliphatic rings. The van der Waals surface area contributed by atoms with Gasteiger partial charge in [0.1, 0.15) is 10.7 Å². The first-order valence-electron chi connectivity index (χ1n) is 7.68. The number of carbonyl (C=O) groups is 1. The first-order valence-corrected chi connectivity index (χ1v) is 10.5. The van der Waals surface area contributed by atoms with Crippen LogP contribution in [0.25, 0.3) is 5.70 Å². The van der Waals surface area contributed by atoms with E-state index >= 15 is 0 Å². The van der Waals surface area contributed by atoms with Crippen LogP contribution in [0.3, 0.4) is 0 Å².